The third-order valence-electron chi connectivity index (χ3n) is 3.32. The fourth-order valence-electron chi connectivity index (χ4n) is 2.20. The molecule has 12 heteroatoms. The monoisotopic (exact) mass is 431 g/mol. The van der Waals surface area contributed by atoms with Crippen LogP contribution >= 0.6 is 0 Å². The summed E-state index contributed by atoms with van der Waals surface area (Å²) in [6, 6.07) is 4.79. The van der Waals surface area contributed by atoms with Crippen molar-refractivity contribution in [2.75, 3.05) is 26.2 Å². The van der Waals surface area contributed by atoms with Crippen LogP contribution in [0.2, 0.25) is 0 Å². The number of rotatable bonds is 9. The number of nitrogens with one attached hydrogen (secondary N) is 1. The molecule has 0 aliphatic carbocycles. The van der Waals surface area contributed by atoms with Crippen LogP contribution in [0.3, 0.4) is 0 Å². The number of nitro benzene ring substituents is 1. The molecule has 0 fully saturated rings. The second-order valence-electron chi connectivity index (χ2n) is 6.80. The number of amides is 1. The summed E-state index contributed by atoms with van der Waals surface area (Å²) in [7, 11) is -4.42. The molecule has 0 atom stereocenters. The molecule has 1 aromatic carbocycles. The van der Waals surface area contributed by atoms with E-state index in [0.29, 0.717) is 4.31 Å². The smallest absolute Gasteiger partial charge is 0.407 e. The van der Waals surface area contributed by atoms with Crippen LogP contribution in [0.15, 0.2) is 29.2 Å². The average Bonchev–Trinajstić information content (AvgIpc) is 2.59. The van der Waals surface area contributed by atoms with Crippen molar-refractivity contribution < 1.29 is 32.4 Å². The topological polar surface area (TPSA) is 145 Å². The van der Waals surface area contributed by atoms with E-state index < -0.39 is 49.7 Å². The number of hydrogen-bond acceptors (Lipinski definition) is 8. The van der Waals surface area contributed by atoms with E-state index in [0.717, 1.165) is 12.1 Å². The average molecular weight is 431 g/mol. The van der Waals surface area contributed by atoms with Gasteiger partial charge < -0.3 is 14.8 Å². The van der Waals surface area contributed by atoms with E-state index in [1.54, 1.807) is 27.7 Å². The molecule has 1 aromatic rings. The highest BCUT2D eigenvalue weighted by Gasteiger charge is 2.33. The summed E-state index contributed by atoms with van der Waals surface area (Å²) in [5.41, 5.74) is -1.37. The molecule has 0 heterocycles. The van der Waals surface area contributed by atoms with E-state index >= 15 is 0 Å². The maximum absolute atomic E-state index is 13.0. The fourth-order valence-corrected chi connectivity index (χ4v) is 3.74. The van der Waals surface area contributed by atoms with Gasteiger partial charge in [0.15, 0.2) is 4.90 Å². The number of hydrogen-bond donors (Lipinski definition) is 1. The van der Waals surface area contributed by atoms with Gasteiger partial charge in [-0.15, -0.1) is 0 Å². The molecule has 0 aliphatic heterocycles. The van der Waals surface area contributed by atoms with Crippen LogP contribution in [0.4, 0.5) is 10.5 Å². The molecular weight excluding hydrogens is 406 g/mol. The summed E-state index contributed by atoms with van der Waals surface area (Å²) >= 11 is 0. The lowest BCUT2D eigenvalue weighted by Crippen LogP contribution is -2.42. The van der Waals surface area contributed by atoms with Crippen LogP contribution in [0.1, 0.15) is 27.7 Å². The molecule has 0 aromatic heterocycles. The number of alkyl carbamates (subject to hydrolysis) is 1. The predicted molar refractivity (Wildman–Crippen MR) is 103 cm³/mol. The lowest BCUT2D eigenvalue weighted by Gasteiger charge is -2.23. The van der Waals surface area contributed by atoms with Crippen LogP contribution in [0.5, 0.6) is 0 Å². The van der Waals surface area contributed by atoms with Crippen molar-refractivity contribution >= 4 is 27.8 Å². The summed E-state index contributed by atoms with van der Waals surface area (Å²) in [5, 5.41) is 13.6. The third-order valence-corrected chi connectivity index (χ3v) is 5.21. The molecule has 0 saturated carbocycles. The molecule has 11 nitrogen and oxygen atoms in total. The number of ether oxygens (including phenoxy) is 2. The maximum atomic E-state index is 13.0. The molecule has 0 radical (unpaired) electrons. The van der Waals surface area contributed by atoms with Gasteiger partial charge >= 0.3 is 12.1 Å². The number of para-hydroxylation sites is 1. The zero-order chi connectivity index (χ0) is 22.2. The van der Waals surface area contributed by atoms with Crippen LogP contribution in [0, 0.1) is 10.1 Å². The summed E-state index contributed by atoms with van der Waals surface area (Å²) < 4.78 is 36.5. The van der Waals surface area contributed by atoms with Gasteiger partial charge in [-0.1, -0.05) is 12.1 Å². The van der Waals surface area contributed by atoms with Gasteiger partial charge in [0.05, 0.1) is 11.5 Å². The number of nitrogens with zero attached hydrogens (tertiary/aromatic N) is 2. The second kappa shape index (κ2) is 10.2. The third kappa shape index (κ3) is 7.66. The largest absolute Gasteiger partial charge is 0.465 e. The second-order valence-corrected chi connectivity index (χ2v) is 8.70. The van der Waals surface area contributed by atoms with E-state index in [1.807, 2.05) is 0 Å². The SMILES string of the molecule is CCOC(=O)CN(CCNC(=O)OC(C)(C)C)S(=O)(=O)c1ccccc1[N+](=O)[O-]. The fraction of sp³-hybridized carbons (Fsp3) is 0.529. The summed E-state index contributed by atoms with van der Waals surface area (Å²) in [6.07, 6.45) is -0.767. The van der Waals surface area contributed by atoms with Gasteiger partial charge in [-0.2, -0.15) is 4.31 Å². The standard InChI is InChI=1S/C17H25N3O8S/c1-5-27-15(21)12-19(11-10-18-16(22)28-17(2,3)4)29(25,26)14-9-7-6-8-13(14)20(23)24/h6-9H,5,10-12H2,1-4H3,(H,18,22). The van der Waals surface area contributed by atoms with Crippen LogP contribution in [-0.4, -0.2) is 61.6 Å². The van der Waals surface area contributed by atoms with Crippen molar-refractivity contribution in [3.05, 3.63) is 34.4 Å². The normalized spacial score (nSPS) is 11.8. The number of sulfonamides is 1. The Morgan fingerprint density at radius 1 is 1.24 bits per heavy atom. The lowest BCUT2D eigenvalue weighted by atomic mass is 10.2. The molecule has 29 heavy (non-hydrogen) atoms. The van der Waals surface area contributed by atoms with Gasteiger partial charge in [0.2, 0.25) is 0 Å². The predicted octanol–water partition coefficient (Wildman–Crippen LogP) is 1.67. The Kier molecular flexibility index (Phi) is 8.52. The molecule has 1 N–H and O–H groups in total. The zero-order valence-corrected chi connectivity index (χ0v) is 17.5. The summed E-state index contributed by atoms with van der Waals surface area (Å²) in [5.74, 6) is -0.827. The number of carbonyl (C=O) groups excluding carboxylic acids is 2. The molecular formula is C17H25N3O8S. The summed E-state index contributed by atoms with van der Waals surface area (Å²) in [4.78, 5) is 33.4. The Balaban J connectivity index is 3.07. The van der Waals surface area contributed by atoms with E-state index in [2.05, 4.69) is 5.32 Å². The van der Waals surface area contributed by atoms with E-state index in [9.17, 15) is 28.1 Å². The molecule has 0 bridgehead atoms. The highest BCUT2D eigenvalue weighted by atomic mass is 32.2. The van der Waals surface area contributed by atoms with Crippen molar-refractivity contribution in [3.63, 3.8) is 0 Å². The minimum Gasteiger partial charge on any atom is -0.465 e. The van der Waals surface area contributed by atoms with Gasteiger partial charge in [-0.3, -0.25) is 14.9 Å². The van der Waals surface area contributed by atoms with Crippen molar-refractivity contribution in [2.24, 2.45) is 0 Å². The Morgan fingerprint density at radius 3 is 2.41 bits per heavy atom. The van der Waals surface area contributed by atoms with Crippen LogP contribution in [0.25, 0.3) is 0 Å². The maximum Gasteiger partial charge on any atom is 0.407 e. The van der Waals surface area contributed by atoms with E-state index in [4.69, 9.17) is 9.47 Å². The first kappa shape index (κ1) is 24.3. The number of benzene rings is 1. The molecule has 1 rings (SSSR count). The first-order valence-corrected chi connectivity index (χ1v) is 10.2. The highest BCUT2D eigenvalue weighted by molar-refractivity contribution is 7.89. The Morgan fingerprint density at radius 2 is 1.86 bits per heavy atom. The van der Waals surface area contributed by atoms with Gasteiger partial charge in [-0.25, -0.2) is 13.2 Å². The van der Waals surface area contributed by atoms with Gasteiger partial charge in [0.25, 0.3) is 15.7 Å². The van der Waals surface area contributed by atoms with Gasteiger partial charge in [0.1, 0.15) is 12.1 Å². The molecule has 0 unspecified atom stereocenters. The molecule has 162 valence electrons. The van der Waals surface area contributed by atoms with Crippen molar-refractivity contribution in [1.82, 2.24) is 9.62 Å². The minimum absolute atomic E-state index is 0.0361. The number of carbonyl (C=O) groups is 2. The van der Waals surface area contributed by atoms with Crippen molar-refractivity contribution in [1.29, 1.82) is 0 Å². The molecule has 0 aliphatic rings. The van der Waals surface area contributed by atoms with Gasteiger partial charge in [0, 0.05) is 19.2 Å². The minimum atomic E-state index is -4.42. The first-order chi connectivity index (χ1) is 13.4. The lowest BCUT2D eigenvalue weighted by molar-refractivity contribution is -0.387. The Hall–Kier alpha value is -2.73. The molecule has 0 saturated heterocycles. The first-order valence-electron chi connectivity index (χ1n) is 8.74. The van der Waals surface area contributed by atoms with Crippen LogP contribution < -0.4 is 5.32 Å². The van der Waals surface area contributed by atoms with Crippen molar-refractivity contribution in [3.8, 4) is 0 Å². The van der Waals surface area contributed by atoms with E-state index in [-0.39, 0.29) is 19.7 Å². The van der Waals surface area contributed by atoms with E-state index in [1.165, 1.54) is 12.1 Å². The zero-order valence-electron chi connectivity index (χ0n) is 16.7. The van der Waals surface area contributed by atoms with Crippen LogP contribution in [-0.2, 0) is 24.3 Å². The molecule has 0 spiro atoms. The Labute approximate surface area is 169 Å². The Bertz CT molecular complexity index is 848. The number of nitro groups is 1. The van der Waals surface area contributed by atoms with Crippen molar-refractivity contribution in [2.45, 2.75) is 38.2 Å². The highest BCUT2D eigenvalue weighted by Crippen LogP contribution is 2.26. The number of esters is 1. The summed E-state index contributed by atoms with van der Waals surface area (Å²) in [6.45, 7) is 5.41. The molecule has 1 amide bonds. The van der Waals surface area contributed by atoms with Gasteiger partial charge in [-0.05, 0) is 33.8 Å². The quantitative estimate of drug-likeness (QED) is 0.353.